The summed E-state index contributed by atoms with van der Waals surface area (Å²) in [4.78, 5) is 4.50. The zero-order chi connectivity index (χ0) is 23.5. The van der Waals surface area contributed by atoms with Gasteiger partial charge in [-0.2, -0.15) is 4.98 Å². The first-order chi connectivity index (χ1) is 16.5. The highest BCUT2D eigenvalue weighted by molar-refractivity contribution is 7.91. The molecule has 0 spiro atoms. The lowest BCUT2D eigenvalue weighted by Crippen LogP contribution is -2.07. The van der Waals surface area contributed by atoms with Crippen LogP contribution >= 0.6 is 0 Å². The van der Waals surface area contributed by atoms with Crippen molar-refractivity contribution < 1.29 is 27.0 Å². The van der Waals surface area contributed by atoms with Gasteiger partial charge in [0.1, 0.15) is 5.75 Å². The van der Waals surface area contributed by atoms with Gasteiger partial charge in [-0.15, -0.1) is 0 Å². The molecule has 9 heteroatoms. The van der Waals surface area contributed by atoms with E-state index in [-0.39, 0.29) is 28.5 Å². The summed E-state index contributed by atoms with van der Waals surface area (Å²) in [5.41, 5.74) is 1.50. The molecule has 0 aliphatic carbocycles. The Balaban J connectivity index is 1.49. The first kappa shape index (κ1) is 21.8. The molecule has 1 aromatic heterocycles. The van der Waals surface area contributed by atoms with Gasteiger partial charge in [0.25, 0.3) is 0 Å². The molecule has 1 N–H and O–H groups in total. The molecule has 1 aliphatic heterocycles. The number of hydrogen-bond acceptors (Lipinski definition) is 8. The Morgan fingerprint density at radius 2 is 1.74 bits per heavy atom. The molecule has 0 atom stereocenters. The second-order valence-electron chi connectivity index (χ2n) is 7.47. The number of oxazole rings is 1. The fourth-order valence-corrected chi connectivity index (χ4v) is 4.83. The Morgan fingerprint density at radius 3 is 2.50 bits per heavy atom. The summed E-state index contributed by atoms with van der Waals surface area (Å²) in [6, 6.07) is 20.8. The maximum absolute atomic E-state index is 13.4. The molecule has 2 heterocycles. The van der Waals surface area contributed by atoms with Gasteiger partial charge in [-0.1, -0.05) is 24.3 Å². The lowest BCUT2D eigenvalue weighted by molar-refractivity contribution is 0.174. The number of ether oxygens (including phenoxy) is 3. The third kappa shape index (κ3) is 4.29. The molecule has 34 heavy (non-hydrogen) atoms. The molecule has 174 valence electrons. The lowest BCUT2D eigenvalue weighted by atomic mass is 10.2. The van der Waals surface area contributed by atoms with Gasteiger partial charge in [0, 0.05) is 12.1 Å². The third-order valence-corrected chi connectivity index (χ3v) is 6.88. The Hall–Kier alpha value is -3.98. The fourth-order valence-electron chi connectivity index (χ4n) is 3.53. The first-order valence-electron chi connectivity index (χ1n) is 10.7. The van der Waals surface area contributed by atoms with E-state index in [1.807, 2.05) is 25.1 Å². The normalized spacial score (nSPS) is 12.5. The molecule has 3 aromatic carbocycles. The average molecular weight is 479 g/mol. The minimum atomic E-state index is -3.92. The van der Waals surface area contributed by atoms with Crippen LogP contribution in [0, 0.1) is 0 Å². The smallest absolute Gasteiger partial charge is 0.234 e. The van der Waals surface area contributed by atoms with Crippen LogP contribution in [-0.2, 0) is 16.4 Å². The maximum atomic E-state index is 13.4. The summed E-state index contributed by atoms with van der Waals surface area (Å²) in [7, 11) is -3.92. The molecular formula is C25H22N2O6S. The van der Waals surface area contributed by atoms with Gasteiger partial charge in [0.05, 0.1) is 11.5 Å². The van der Waals surface area contributed by atoms with Crippen molar-refractivity contribution in [3.63, 3.8) is 0 Å². The summed E-state index contributed by atoms with van der Waals surface area (Å²) in [5, 5.41) is 2.91. The Kier molecular flexibility index (Phi) is 5.85. The molecule has 0 saturated carbocycles. The van der Waals surface area contributed by atoms with Gasteiger partial charge in [0.2, 0.25) is 33.4 Å². The number of anilines is 1. The van der Waals surface area contributed by atoms with Crippen molar-refractivity contribution in [1.29, 1.82) is 0 Å². The highest BCUT2D eigenvalue weighted by Crippen LogP contribution is 2.35. The van der Waals surface area contributed by atoms with Crippen LogP contribution in [0.3, 0.4) is 0 Å². The Bertz CT molecular complexity index is 1400. The number of aromatic nitrogens is 1. The minimum absolute atomic E-state index is 0.0606. The summed E-state index contributed by atoms with van der Waals surface area (Å²) >= 11 is 0. The van der Waals surface area contributed by atoms with E-state index in [0.29, 0.717) is 36.0 Å². The van der Waals surface area contributed by atoms with Crippen molar-refractivity contribution in [1.82, 2.24) is 4.98 Å². The van der Waals surface area contributed by atoms with Crippen molar-refractivity contribution >= 4 is 15.7 Å². The van der Waals surface area contributed by atoms with Gasteiger partial charge >= 0.3 is 0 Å². The quantitative estimate of drug-likeness (QED) is 0.381. The molecule has 0 fully saturated rings. The monoisotopic (exact) mass is 478 g/mol. The summed E-state index contributed by atoms with van der Waals surface area (Å²) < 4.78 is 48.9. The van der Waals surface area contributed by atoms with E-state index in [4.69, 9.17) is 18.6 Å². The van der Waals surface area contributed by atoms with Crippen molar-refractivity contribution in [3.8, 4) is 28.7 Å². The van der Waals surface area contributed by atoms with Gasteiger partial charge in [-0.3, -0.25) is 0 Å². The van der Waals surface area contributed by atoms with Crippen molar-refractivity contribution in [2.75, 3.05) is 18.7 Å². The van der Waals surface area contributed by atoms with Crippen LogP contribution in [0.4, 0.5) is 5.88 Å². The standard InChI is InChI=1S/C25H22N2O6S/c1-2-30-19-11-9-18(10-12-19)23-27-25(34(28,29)20-6-4-3-5-7-20)24(33-23)26-15-17-8-13-21-22(14-17)32-16-31-21/h3-14,26H,2,15-16H2,1H3. The zero-order valence-electron chi connectivity index (χ0n) is 18.4. The molecule has 8 nitrogen and oxygen atoms in total. The number of sulfone groups is 1. The van der Waals surface area contributed by atoms with Crippen molar-refractivity contribution in [3.05, 3.63) is 78.4 Å². The predicted octanol–water partition coefficient (Wildman–Crippen LogP) is 4.91. The van der Waals surface area contributed by atoms with Gasteiger partial charge < -0.3 is 23.9 Å². The average Bonchev–Trinajstić information content (AvgIpc) is 3.51. The first-order valence-corrected chi connectivity index (χ1v) is 12.2. The number of fused-ring (bicyclic) bond motifs is 1. The van der Waals surface area contributed by atoms with Gasteiger partial charge in [-0.05, 0) is 61.0 Å². The van der Waals surface area contributed by atoms with Crippen LogP contribution in [-0.4, -0.2) is 26.8 Å². The number of rotatable bonds is 8. The Morgan fingerprint density at radius 1 is 0.971 bits per heavy atom. The van der Waals surface area contributed by atoms with E-state index < -0.39 is 9.84 Å². The van der Waals surface area contributed by atoms with Crippen LogP contribution in [0.5, 0.6) is 17.2 Å². The summed E-state index contributed by atoms with van der Waals surface area (Å²) in [6.07, 6.45) is 0. The van der Waals surface area contributed by atoms with Crippen molar-refractivity contribution in [2.24, 2.45) is 0 Å². The third-order valence-electron chi connectivity index (χ3n) is 5.21. The fraction of sp³-hybridized carbons (Fsp3) is 0.160. The van der Waals surface area contributed by atoms with Crippen LogP contribution in [0.2, 0.25) is 0 Å². The number of nitrogens with zero attached hydrogens (tertiary/aromatic N) is 1. The topological polar surface area (TPSA) is 99.9 Å². The van der Waals surface area contributed by atoms with E-state index in [0.717, 1.165) is 5.56 Å². The van der Waals surface area contributed by atoms with E-state index >= 15 is 0 Å². The van der Waals surface area contributed by atoms with Crippen LogP contribution < -0.4 is 19.5 Å². The van der Waals surface area contributed by atoms with Gasteiger partial charge in [0.15, 0.2) is 11.5 Å². The molecule has 5 rings (SSSR count). The maximum Gasteiger partial charge on any atom is 0.234 e. The largest absolute Gasteiger partial charge is 0.494 e. The highest BCUT2D eigenvalue weighted by atomic mass is 32.2. The Labute approximate surface area is 197 Å². The van der Waals surface area contributed by atoms with E-state index in [1.54, 1.807) is 42.5 Å². The molecule has 1 aliphatic rings. The van der Waals surface area contributed by atoms with Crippen LogP contribution in [0.25, 0.3) is 11.5 Å². The zero-order valence-corrected chi connectivity index (χ0v) is 19.2. The lowest BCUT2D eigenvalue weighted by Gasteiger charge is -2.07. The molecule has 0 amide bonds. The van der Waals surface area contributed by atoms with E-state index in [9.17, 15) is 8.42 Å². The second-order valence-corrected chi connectivity index (χ2v) is 9.33. The van der Waals surface area contributed by atoms with Crippen LogP contribution in [0.1, 0.15) is 12.5 Å². The molecule has 4 aromatic rings. The predicted molar refractivity (Wildman–Crippen MR) is 125 cm³/mol. The van der Waals surface area contributed by atoms with Crippen molar-refractivity contribution in [2.45, 2.75) is 23.4 Å². The van der Waals surface area contributed by atoms with E-state index in [2.05, 4.69) is 10.3 Å². The second kappa shape index (κ2) is 9.11. The molecule has 0 unspecified atom stereocenters. The number of nitrogens with one attached hydrogen (secondary N) is 1. The van der Waals surface area contributed by atoms with Crippen LogP contribution in [0.15, 0.2) is 87.1 Å². The SMILES string of the molecule is CCOc1ccc(-c2nc(S(=O)(=O)c3ccccc3)c(NCc3ccc4c(c3)OCO4)o2)cc1. The molecule has 0 radical (unpaired) electrons. The summed E-state index contributed by atoms with van der Waals surface area (Å²) in [6.45, 7) is 2.93. The summed E-state index contributed by atoms with van der Waals surface area (Å²) in [5.74, 6) is 2.27. The molecule has 0 bridgehead atoms. The molecule has 0 saturated heterocycles. The number of benzene rings is 3. The highest BCUT2D eigenvalue weighted by Gasteiger charge is 2.28. The van der Waals surface area contributed by atoms with Gasteiger partial charge in [-0.25, -0.2) is 8.42 Å². The molecular weight excluding hydrogens is 456 g/mol. The van der Waals surface area contributed by atoms with E-state index in [1.165, 1.54) is 12.1 Å². The number of hydrogen-bond donors (Lipinski definition) is 1. The minimum Gasteiger partial charge on any atom is -0.494 e.